The third-order valence-electron chi connectivity index (χ3n) is 2.33. The van der Waals surface area contributed by atoms with Crippen molar-refractivity contribution in [2.45, 2.75) is 19.4 Å². The third-order valence-corrected chi connectivity index (χ3v) is 2.33. The number of nitrogens with zero attached hydrogens (tertiary/aromatic N) is 1. The molecule has 0 saturated carbocycles. The molecule has 0 aromatic carbocycles. The molecular formula is C12H13NO2. The lowest BCUT2D eigenvalue weighted by atomic mass is 10.1. The van der Waals surface area contributed by atoms with Crippen molar-refractivity contribution in [2.75, 3.05) is 0 Å². The molecule has 1 atom stereocenters. The van der Waals surface area contributed by atoms with E-state index in [4.69, 9.17) is 4.42 Å². The van der Waals surface area contributed by atoms with E-state index in [0.717, 1.165) is 11.3 Å². The Hall–Kier alpha value is -1.61. The Morgan fingerprint density at radius 3 is 2.87 bits per heavy atom. The van der Waals surface area contributed by atoms with Crippen LogP contribution in [0.1, 0.15) is 23.1 Å². The van der Waals surface area contributed by atoms with Crippen molar-refractivity contribution in [2.24, 2.45) is 0 Å². The quantitative estimate of drug-likeness (QED) is 0.832. The predicted octanol–water partition coefficient (Wildman–Crippen LogP) is 2.26. The smallest absolute Gasteiger partial charge is 0.135 e. The molecule has 15 heavy (non-hydrogen) atoms. The van der Waals surface area contributed by atoms with Gasteiger partial charge >= 0.3 is 0 Å². The number of hydrogen-bond donors (Lipinski definition) is 1. The van der Waals surface area contributed by atoms with Gasteiger partial charge in [0, 0.05) is 18.3 Å². The number of aryl methyl sites for hydroxylation is 1. The van der Waals surface area contributed by atoms with Crippen LogP contribution in [0.4, 0.5) is 0 Å². The summed E-state index contributed by atoms with van der Waals surface area (Å²) < 4.78 is 5.22. The van der Waals surface area contributed by atoms with E-state index in [-0.39, 0.29) is 0 Å². The highest BCUT2D eigenvalue weighted by Gasteiger charge is 2.14. The van der Waals surface area contributed by atoms with Crippen LogP contribution in [0.3, 0.4) is 0 Å². The highest BCUT2D eigenvalue weighted by atomic mass is 16.4. The third kappa shape index (κ3) is 2.25. The van der Waals surface area contributed by atoms with Gasteiger partial charge in [-0.25, -0.2) is 0 Å². The molecule has 1 N–H and O–H groups in total. The van der Waals surface area contributed by atoms with E-state index in [2.05, 4.69) is 4.98 Å². The van der Waals surface area contributed by atoms with Crippen molar-refractivity contribution in [3.8, 4) is 0 Å². The van der Waals surface area contributed by atoms with Crippen molar-refractivity contribution >= 4 is 0 Å². The van der Waals surface area contributed by atoms with Crippen molar-refractivity contribution < 1.29 is 9.52 Å². The van der Waals surface area contributed by atoms with Crippen LogP contribution < -0.4 is 0 Å². The van der Waals surface area contributed by atoms with E-state index in [1.54, 1.807) is 12.5 Å². The molecule has 78 valence electrons. The van der Waals surface area contributed by atoms with Crippen molar-refractivity contribution in [3.05, 3.63) is 53.7 Å². The van der Waals surface area contributed by atoms with Crippen LogP contribution >= 0.6 is 0 Å². The maximum atomic E-state index is 9.91. The van der Waals surface area contributed by atoms with Gasteiger partial charge in [-0.05, 0) is 30.7 Å². The maximum Gasteiger partial charge on any atom is 0.135 e. The van der Waals surface area contributed by atoms with Gasteiger partial charge in [0.1, 0.15) is 11.9 Å². The fraction of sp³-hybridized carbons (Fsp3) is 0.250. The molecule has 0 bridgehead atoms. The minimum atomic E-state index is -0.616. The van der Waals surface area contributed by atoms with Crippen LogP contribution in [0.25, 0.3) is 0 Å². The lowest BCUT2D eigenvalue weighted by Gasteiger charge is -2.07. The number of aromatic nitrogens is 1. The summed E-state index contributed by atoms with van der Waals surface area (Å²) in [6, 6.07) is 7.50. The van der Waals surface area contributed by atoms with E-state index < -0.39 is 6.10 Å². The number of pyridine rings is 1. The molecule has 3 heteroatoms. The molecular weight excluding hydrogens is 190 g/mol. The first-order valence-corrected chi connectivity index (χ1v) is 4.89. The van der Waals surface area contributed by atoms with Gasteiger partial charge in [0.05, 0.1) is 6.26 Å². The maximum absolute atomic E-state index is 9.91. The minimum absolute atomic E-state index is 0.481. The summed E-state index contributed by atoms with van der Waals surface area (Å²) in [4.78, 5) is 4.16. The summed E-state index contributed by atoms with van der Waals surface area (Å²) in [5, 5.41) is 9.91. The standard InChI is InChI=1S/C12H13NO2/c1-9-5-7-15-12(9)11(14)8-10-4-2-3-6-13-10/h2-7,11,14H,8H2,1H3. The second-order valence-electron chi connectivity index (χ2n) is 3.51. The molecule has 3 nitrogen and oxygen atoms in total. The van der Waals surface area contributed by atoms with E-state index in [0.29, 0.717) is 12.2 Å². The lowest BCUT2D eigenvalue weighted by molar-refractivity contribution is 0.148. The van der Waals surface area contributed by atoms with Crippen molar-refractivity contribution in [1.29, 1.82) is 0 Å². The number of rotatable bonds is 3. The normalized spacial score (nSPS) is 12.7. The Balaban J connectivity index is 2.11. The van der Waals surface area contributed by atoms with E-state index in [9.17, 15) is 5.11 Å². The molecule has 2 aromatic rings. The van der Waals surface area contributed by atoms with E-state index >= 15 is 0 Å². The highest BCUT2D eigenvalue weighted by Crippen LogP contribution is 2.21. The van der Waals surface area contributed by atoms with Gasteiger partial charge in [0.15, 0.2) is 0 Å². The Kier molecular flexibility index (Phi) is 2.83. The monoisotopic (exact) mass is 203 g/mol. The zero-order valence-corrected chi connectivity index (χ0v) is 8.55. The fourth-order valence-corrected chi connectivity index (χ4v) is 1.54. The predicted molar refractivity (Wildman–Crippen MR) is 56.3 cm³/mol. The number of aliphatic hydroxyl groups is 1. The Morgan fingerprint density at radius 1 is 1.40 bits per heavy atom. The van der Waals surface area contributed by atoms with Gasteiger partial charge in [-0.3, -0.25) is 4.98 Å². The summed E-state index contributed by atoms with van der Waals surface area (Å²) >= 11 is 0. The second kappa shape index (κ2) is 4.28. The van der Waals surface area contributed by atoms with Gasteiger partial charge < -0.3 is 9.52 Å². The zero-order chi connectivity index (χ0) is 10.7. The Labute approximate surface area is 88.4 Å². The summed E-state index contributed by atoms with van der Waals surface area (Å²) in [6.07, 6.45) is 3.17. The molecule has 0 aliphatic rings. The molecule has 2 rings (SSSR count). The SMILES string of the molecule is Cc1ccoc1C(O)Cc1ccccn1. The number of hydrogen-bond acceptors (Lipinski definition) is 3. The van der Waals surface area contributed by atoms with Crippen LogP contribution in [0.15, 0.2) is 41.1 Å². The highest BCUT2D eigenvalue weighted by molar-refractivity contribution is 5.18. The van der Waals surface area contributed by atoms with Crippen LogP contribution in [0.2, 0.25) is 0 Å². The number of aliphatic hydroxyl groups excluding tert-OH is 1. The van der Waals surface area contributed by atoms with Crippen molar-refractivity contribution in [1.82, 2.24) is 4.98 Å². The Morgan fingerprint density at radius 2 is 2.27 bits per heavy atom. The molecule has 0 fully saturated rings. The summed E-state index contributed by atoms with van der Waals surface area (Å²) in [5.74, 6) is 0.626. The molecule has 2 heterocycles. The summed E-state index contributed by atoms with van der Waals surface area (Å²) in [5.41, 5.74) is 1.83. The first-order valence-electron chi connectivity index (χ1n) is 4.89. The number of furan rings is 1. The summed E-state index contributed by atoms with van der Waals surface area (Å²) in [7, 11) is 0. The van der Waals surface area contributed by atoms with Gasteiger partial charge in [-0.15, -0.1) is 0 Å². The lowest BCUT2D eigenvalue weighted by Crippen LogP contribution is -2.03. The molecule has 0 spiro atoms. The zero-order valence-electron chi connectivity index (χ0n) is 8.55. The van der Waals surface area contributed by atoms with Gasteiger partial charge in [0.25, 0.3) is 0 Å². The first kappa shape index (κ1) is 9.93. The summed E-state index contributed by atoms with van der Waals surface area (Å²) in [6.45, 7) is 1.92. The van der Waals surface area contributed by atoms with Gasteiger partial charge in [-0.1, -0.05) is 6.07 Å². The first-order chi connectivity index (χ1) is 7.27. The largest absolute Gasteiger partial charge is 0.466 e. The van der Waals surface area contributed by atoms with Crippen LogP contribution in [-0.2, 0) is 6.42 Å². The average molecular weight is 203 g/mol. The molecule has 0 aliphatic carbocycles. The topological polar surface area (TPSA) is 46.3 Å². The molecule has 2 aromatic heterocycles. The molecule has 0 aliphatic heterocycles. The van der Waals surface area contributed by atoms with E-state index in [1.165, 1.54) is 0 Å². The Bertz CT molecular complexity index is 422. The van der Waals surface area contributed by atoms with E-state index in [1.807, 2.05) is 31.2 Å². The van der Waals surface area contributed by atoms with Gasteiger partial charge in [-0.2, -0.15) is 0 Å². The van der Waals surface area contributed by atoms with Crippen molar-refractivity contribution in [3.63, 3.8) is 0 Å². The van der Waals surface area contributed by atoms with Gasteiger partial charge in [0.2, 0.25) is 0 Å². The van der Waals surface area contributed by atoms with Crippen LogP contribution in [-0.4, -0.2) is 10.1 Å². The average Bonchev–Trinajstić information content (AvgIpc) is 2.66. The molecule has 0 saturated heterocycles. The van der Waals surface area contributed by atoms with Crippen LogP contribution in [0.5, 0.6) is 0 Å². The van der Waals surface area contributed by atoms with Crippen LogP contribution in [0, 0.1) is 6.92 Å². The molecule has 0 radical (unpaired) electrons. The molecule has 1 unspecified atom stereocenters. The second-order valence-corrected chi connectivity index (χ2v) is 3.51. The fourth-order valence-electron chi connectivity index (χ4n) is 1.54. The minimum Gasteiger partial charge on any atom is -0.466 e. The molecule has 0 amide bonds.